The first-order valence-corrected chi connectivity index (χ1v) is 6.35. The molecule has 0 atom stereocenters. The van der Waals surface area contributed by atoms with Crippen LogP contribution in [0.4, 0.5) is 0 Å². The third-order valence-corrected chi connectivity index (χ3v) is 3.15. The van der Waals surface area contributed by atoms with Crippen LogP contribution in [-0.4, -0.2) is 28.5 Å². The van der Waals surface area contributed by atoms with Gasteiger partial charge in [0.15, 0.2) is 5.65 Å². The van der Waals surface area contributed by atoms with E-state index >= 15 is 0 Å². The Hall–Kier alpha value is -0.850. The molecule has 0 aliphatic carbocycles. The van der Waals surface area contributed by atoms with Crippen molar-refractivity contribution < 1.29 is 0 Å². The van der Waals surface area contributed by atoms with E-state index in [1.807, 2.05) is 10.6 Å². The lowest BCUT2D eigenvalue weighted by atomic mass is 10.3. The van der Waals surface area contributed by atoms with Crippen molar-refractivity contribution >= 4 is 28.8 Å². The van der Waals surface area contributed by atoms with Gasteiger partial charge >= 0.3 is 0 Å². The molecule has 0 aliphatic heterocycles. The predicted octanol–water partition coefficient (Wildman–Crippen LogP) is 1.02. The molecule has 2 rings (SSSR count). The predicted molar refractivity (Wildman–Crippen MR) is 73.9 cm³/mol. The Balaban J connectivity index is 2.17. The van der Waals surface area contributed by atoms with E-state index in [4.69, 9.17) is 34.7 Å². The quantitative estimate of drug-likeness (QED) is 0.767. The first-order chi connectivity index (χ1) is 8.63. The molecular weight excluding hydrogens is 273 g/mol. The van der Waals surface area contributed by atoms with Gasteiger partial charge in [0.25, 0.3) is 0 Å². The van der Waals surface area contributed by atoms with Gasteiger partial charge in [0, 0.05) is 38.1 Å². The highest BCUT2D eigenvalue weighted by atomic mass is 35.5. The molecule has 0 amide bonds. The fraction of sp³-hybridized carbons (Fsp3) is 0.364. The van der Waals surface area contributed by atoms with E-state index in [0.29, 0.717) is 35.3 Å². The molecular formula is C11H15Cl2N5. The molecule has 0 aliphatic rings. The molecule has 2 aromatic heterocycles. The first-order valence-electron chi connectivity index (χ1n) is 5.60. The molecule has 0 unspecified atom stereocenters. The normalized spacial score (nSPS) is 11.6. The first kappa shape index (κ1) is 13.6. The fourth-order valence-corrected chi connectivity index (χ4v) is 2.20. The van der Waals surface area contributed by atoms with Crippen molar-refractivity contribution in [2.45, 2.75) is 12.6 Å². The second kappa shape index (κ2) is 5.86. The molecule has 18 heavy (non-hydrogen) atoms. The van der Waals surface area contributed by atoms with Gasteiger partial charge in [-0.05, 0) is 6.07 Å². The van der Waals surface area contributed by atoms with Crippen molar-refractivity contribution in [1.82, 2.24) is 14.7 Å². The number of nitrogens with zero attached hydrogens (tertiary/aromatic N) is 2. The lowest BCUT2D eigenvalue weighted by molar-refractivity contribution is 0.523. The molecule has 0 bridgehead atoms. The smallest absolute Gasteiger partial charge is 0.156 e. The maximum atomic E-state index is 6.06. The lowest BCUT2D eigenvalue weighted by Gasteiger charge is -2.12. The van der Waals surface area contributed by atoms with Gasteiger partial charge in [0.2, 0.25) is 0 Å². The van der Waals surface area contributed by atoms with Crippen LogP contribution in [0.15, 0.2) is 18.5 Å². The van der Waals surface area contributed by atoms with Crippen molar-refractivity contribution in [3.8, 4) is 0 Å². The molecule has 2 heterocycles. The number of hydrogen-bond acceptors (Lipinski definition) is 4. The van der Waals surface area contributed by atoms with Gasteiger partial charge in [0.05, 0.1) is 15.7 Å². The zero-order valence-corrected chi connectivity index (χ0v) is 11.2. The topological polar surface area (TPSA) is 81.4 Å². The van der Waals surface area contributed by atoms with Gasteiger partial charge in [0.1, 0.15) is 0 Å². The number of rotatable bonds is 5. The van der Waals surface area contributed by atoms with Crippen LogP contribution in [0.2, 0.25) is 10.0 Å². The summed E-state index contributed by atoms with van der Waals surface area (Å²) in [5, 5.41) is 4.33. The fourth-order valence-electron chi connectivity index (χ4n) is 1.67. The van der Waals surface area contributed by atoms with Gasteiger partial charge in [-0.1, -0.05) is 23.2 Å². The third-order valence-electron chi connectivity index (χ3n) is 2.66. The average molecular weight is 288 g/mol. The summed E-state index contributed by atoms with van der Waals surface area (Å²) in [5.41, 5.74) is 12.7. The van der Waals surface area contributed by atoms with Gasteiger partial charge in [-0.25, -0.2) is 4.98 Å². The van der Waals surface area contributed by atoms with Gasteiger partial charge in [-0.2, -0.15) is 0 Å². The number of pyridine rings is 1. The summed E-state index contributed by atoms with van der Waals surface area (Å²) >= 11 is 12.0. The van der Waals surface area contributed by atoms with Crippen LogP contribution in [-0.2, 0) is 6.54 Å². The van der Waals surface area contributed by atoms with Crippen LogP contribution in [0.1, 0.15) is 5.69 Å². The lowest BCUT2D eigenvalue weighted by Crippen LogP contribution is -2.41. The summed E-state index contributed by atoms with van der Waals surface area (Å²) in [4.78, 5) is 4.42. The summed E-state index contributed by atoms with van der Waals surface area (Å²) in [5.74, 6) is 0. The molecule has 0 saturated heterocycles. The number of nitrogens with two attached hydrogens (primary N) is 2. The number of fused-ring (bicyclic) bond motifs is 1. The number of nitrogens with one attached hydrogen (secondary N) is 1. The Morgan fingerprint density at radius 2 is 2.00 bits per heavy atom. The molecule has 5 N–H and O–H groups in total. The SMILES string of the molecule is NCC(CN)NCc1cn2cc(Cl)cc(Cl)c2n1. The molecule has 7 heteroatoms. The number of imidazole rings is 1. The van der Waals surface area contributed by atoms with E-state index in [9.17, 15) is 0 Å². The monoisotopic (exact) mass is 287 g/mol. The van der Waals surface area contributed by atoms with E-state index in [1.54, 1.807) is 12.3 Å². The highest BCUT2D eigenvalue weighted by Gasteiger charge is 2.08. The number of aromatic nitrogens is 2. The second-order valence-corrected chi connectivity index (χ2v) is 4.86. The Bertz CT molecular complexity index is 535. The zero-order chi connectivity index (χ0) is 13.1. The van der Waals surface area contributed by atoms with E-state index in [2.05, 4.69) is 10.3 Å². The summed E-state index contributed by atoms with van der Waals surface area (Å²) in [7, 11) is 0. The van der Waals surface area contributed by atoms with E-state index < -0.39 is 0 Å². The van der Waals surface area contributed by atoms with Crippen LogP contribution >= 0.6 is 23.2 Å². The molecule has 0 aromatic carbocycles. The van der Waals surface area contributed by atoms with Crippen molar-refractivity contribution in [3.63, 3.8) is 0 Å². The Kier molecular flexibility index (Phi) is 4.42. The van der Waals surface area contributed by atoms with Gasteiger partial charge in [-0.15, -0.1) is 0 Å². The minimum atomic E-state index is 0.0915. The molecule has 5 nitrogen and oxygen atoms in total. The Labute approximate surface area is 115 Å². The number of hydrogen-bond donors (Lipinski definition) is 3. The average Bonchev–Trinajstić information content (AvgIpc) is 2.73. The number of halogens is 2. The summed E-state index contributed by atoms with van der Waals surface area (Å²) in [6.45, 7) is 1.58. The third kappa shape index (κ3) is 2.93. The van der Waals surface area contributed by atoms with Crippen molar-refractivity contribution in [2.75, 3.05) is 13.1 Å². The molecule has 0 fully saturated rings. The molecule has 98 valence electrons. The van der Waals surface area contributed by atoms with Crippen LogP contribution < -0.4 is 16.8 Å². The van der Waals surface area contributed by atoms with Crippen LogP contribution in [0.3, 0.4) is 0 Å². The van der Waals surface area contributed by atoms with Gasteiger partial charge in [-0.3, -0.25) is 0 Å². The molecule has 2 aromatic rings. The largest absolute Gasteiger partial charge is 0.329 e. The molecule has 0 spiro atoms. The maximum Gasteiger partial charge on any atom is 0.156 e. The summed E-state index contributed by atoms with van der Waals surface area (Å²) < 4.78 is 1.81. The maximum absolute atomic E-state index is 6.06. The van der Waals surface area contributed by atoms with E-state index in [1.165, 1.54) is 0 Å². The molecule has 0 radical (unpaired) electrons. The van der Waals surface area contributed by atoms with Crippen LogP contribution in [0.5, 0.6) is 0 Å². The van der Waals surface area contributed by atoms with Crippen LogP contribution in [0.25, 0.3) is 5.65 Å². The summed E-state index contributed by atoms with van der Waals surface area (Å²) in [6, 6.07) is 1.76. The van der Waals surface area contributed by atoms with Crippen molar-refractivity contribution in [3.05, 3.63) is 34.2 Å². The summed E-state index contributed by atoms with van der Waals surface area (Å²) in [6.07, 6.45) is 3.65. The van der Waals surface area contributed by atoms with Gasteiger partial charge < -0.3 is 21.2 Å². The zero-order valence-electron chi connectivity index (χ0n) is 9.74. The highest BCUT2D eigenvalue weighted by molar-refractivity contribution is 6.36. The minimum absolute atomic E-state index is 0.0915. The second-order valence-electron chi connectivity index (χ2n) is 4.02. The van der Waals surface area contributed by atoms with E-state index in [-0.39, 0.29) is 6.04 Å². The molecule has 0 saturated carbocycles. The highest BCUT2D eigenvalue weighted by Crippen LogP contribution is 2.21. The minimum Gasteiger partial charge on any atom is -0.329 e. The Morgan fingerprint density at radius 3 is 2.67 bits per heavy atom. The van der Waals surface area contributed by atoms with Crippen molar-refractivity contribution in [1.29, 1.82) is 0 Å². The van der Waals surface area contributed by atoms with Crippen molar-refractivity contribution in [2.24, 2.45) is 11.5 Å². The van der Waals surface area contributed by atoms with Crippen LogP contribution in [0, 0.1) is 0 Å². The van der Waals surface area contributed by atoms with E-state index in [0.717, 1.165) is 5.69 Å². The Morgan fingerprint density at radius 1 is 1.28 bits per heavy atom. The standard InChI is InChI=1S/C11H15Cl2N5/c12-7-1-10(13)11-17-9(6-18(11)5-7)4-16-8(2-14)3-15/h1,5-6,8,16H,2-4,14-15H2.